The molecule has 0 saturated heterocycles. The van der Waals surface area contributed by atoms with Gasteiger partial charge in [0.15, 0.2) is 0 Å². The van der Waals surface area contributed by atoms with Crippen LogP contribution in [0.25, 0.3) is 11.3 Å². The lowest BCUT2D eigenvalue weighted by Crippen LogP contribution is -2.43. The first-order chi connectivity index (χ1) is 13.1. The summed E-state index contributed by atoms with van der Waals surface area (Å²) in [5, 5.41) is 11.5. The second kappa shape index (κ2) is 6.88. The Bertz CT molecular complexity index is 957. The molecule has 0 spiro atoms. The standard InChI is InChI=1S/C19H18F2N6/c20-14-5-4-12(25-22)11-13(14)16-6-7-17(27-26-16)24-19(8-2-9-19)18-15(21)3-1-10-23-18/h1,3-7,10-11,25H,2,8-9,22H2,(H,24,27). The van der Waals surface area contributed by atoms with E-state index in [1.165, 1.54) is 18.2 Å². The lowest BCUT2D eigenvalue weighted by molar-refractivity contribution is 0.265. The van der Waals surface area contributed by atoms with Crippen LogP contribution in [0.4, 0.5) is 20.3 Å². The molecular formula is C19H18F2N6. The van der Waals surface area contributed by atoms with Crippen LogP contribution in [-0.2, 0) is 5.54 Å². The topological polar surface area (TPSA) is 88.8 Å². The van der Waals surface area contributed by atoms with Gasteiger partial charge in [0.2, 0.25) is 0 Å². The van der Waals surface area contributed by atoms with Gasteiger partial charge in [-0.2, -0.15) is 0 Å². The first-order valence-electron chi connectivity index (χ1n) is 8.61. The highest BCUT2D eigenvalue weighted by molar-refractivity contribution is 5.66. The van der Waals surface area contributed by atoms with Gasteiger partial charge < -0.3 is 10.7 Å². The number of anilines is 2. The Morgan fingerprint density at radius 2 is 1.85 bits per heavy atom. The Morgan fingerprint density at radius 1 is 1.00 bits per heavy atom. The van der Waals surface area contributed by atoms with Crippen molar-refractivity contribution in [1.82, 2.24) is 15.2 Å². The number of nitrogen functional groups attached to an aromatic ring is 1. The van der Waals surface area contributed by atoms with Crippen LogP contribution in [0.2, 0.25) is 0 Å². The van der Waals surface area contributed by atoms with Gasteiger partial charge in [0.05, 0.1) is 11.2 Å². The number of aromatic nitrogens is 3. The van der Waals surface area contributed by atoms with E-state index in [4.69, 9.17) is 5.84 Å². The summed E-state index contributed by atoms with van der Waals surface area (Å²) in [5.41, 5.74) is 3.50. The minimum absolute atomic E-state index is 0.290. The first kappa shape index (κ1) is 17.3. The average Bonchev–Trinajstić information content (AvgIpc) is 2.66. The molecule has 0 atom stereocenters. The lowest BCUT2D eigenvalue weighted by atomic mass is 9.74. The number of nitrogens with zero attached hydrogens (tertiary/aromatic N) is 3. The number of nitrogens with one attached hydrogen (secondary N) is 2. The van der Waals surface area contributed by atoms with E-state index in [9.17, 15) is 8.78 Å². The SMILES string of the molecule is NNc1ccc(F)c(-c2ccc(NC3(c4ncccc4F)CCC3)nn2)c1. The monoisotopic (exact) mass is 368 g/mol. The highest BCUT2D eigenvalue weighted by Gasteiger charge is 2.42. The quantitative estimate of drug-likeness (QED) is 0.471. The third-order valence-corrected chi connectivity index (χ3v) is 4.86. The molecule has 8 heteroatoms. The maximum atomic E-state index is 14.2. The third kappa shape index (κ3) is 3.19. The highest BCUT2D eigenvalue weighted by atomic mass is 19.1. The van der Waals surface area contributed by atoms with E-state index >= 15 is 0 Å². The Hall–Kier alpha value is -3.13. The zero-order chi connectivity index (χ0) is 18.9. The molecule has 2 heterocycles. The summed E-state index contributed by atoms with van der Waals surface area (Å²) < 4.78 is 28.3. The smallest absolute Gasteiger partial charge is 0.149 e. The number of hydrogen-bond donors (Lipinski definition) is 3. The van der Waals surface area contributed by atoms with Crippen molar-refractivity contribution < 1.29 is 8.78 Å². The number of hydrazine groups is 1. The number of rotatable bonds is 5. The molecule has 4 N–H and O–H groups in total. The van der Waals surface area contributed by atoms with E-state index in [2.05, 4.69) is 25.9 Å². The number of hydrogen-bond acceptors (Lipinski definition) is 6. The van der Waals surface area contributed by atoms with Gasteiger partial charge in [-0.25, -0.2) is 8.78 Å². The minimum Gasteiger partial charge on any atom is -0.357 e. The van der Waals surface area contributed by atoms with Gasteiger partial charge >= 0.3 is 0 Å². The zero-order valence-electron chi connectivity index (χ0n) is 14.4. The molecule has 1 fully saturated rings. The lowest BCUT2D eigenvalue weighted by Gasteiger charge is -2.42. The van der Waals surface area contributed by atoms with E-state index in [0.29, 0.717) is 28.5 Å². The van der Waals surface area contributed by atoms with Crippen LogP contribution in [0.3, 0.4) is 0 Å². The van der Waals surface area contributed by atoms with E-state index in [0.717, 1.165) is 19.3 Å². The highest BCUT2D eigenvalue weighted by Crippen LogP contribution is 2.43. The summed E-state index contributed by atoms with van der Waals surface area (Å²) in [6, 6.07) is 10.7. The van der Waals surface area contributed by atoms with Crippen LogP contribution in [0.1, 0.15) is 25.0 Å². The van der Waals surface area contributed by atoms with Crippen molar-refractivity contribution in [3.05, 3.63) is 66.0 Å². The molecule has 1 aliphatic rings. The number of pyridine rings is 1. The molecular weight excluding hydrogens is 350 g/mol. The normalized spacial score (nSPS) is 15.1. The molecule has 138 valence electrons. The van der Waals surface area contributed by atoms with Crippen LogP contribution in [0, 0.1) is 11.6 Å². The van der Waals surface area contributed by atoms with Crippen LogP contribution >= 0.6 is 0 Å². The molecule has 27 heavy (non-hydrogen) atoms. The second-order valence-electron chi connectivity index (χ2n) is 6.54. The number of benzene rings is 1. The van der Waals surface area contributed by atoms with E-state index in [-0.39, 0.29) is 5.82 Å². The molecule has 1 saturated carbocycles. The molecule has 6 nitrogen and oxygen atoms in total. The summed E-state index contributed by atoms with van der Waals surface area (Å²) in [4.78, 5) is 4.21. The van der Waals surface area contributed by atoms with Crippen LogP contribution < -0.4 is 16.6 Å². The van der Waals surface area contributed by atoms with Crippen molar-refractivity contribution in [2.75, 3.05) is 10.7 Å². The molecule has 1 aliphatic carbocycles. The summed E-state index contributed by atoms with van der Waals surface area (Å²) in [7, 11) is 0. The van der Waals surface area contributed by atoms with Gasteiger partial charge in [-0.1, -0.05) is 0 Å². The largest absolute Gasteiger partial charge is 0.357 e. The van der Waals surface area contributed by atoms with Gasteiger partial charge in [0.1, 0.15) is 23.1 Å². The molecule has 0 amide bonds. The predicted molar refractivity (Wildman–Crippen MR) is 98.6 cm³/mol. The molecule has 0 aliphatic heterocycles. The Morgan fingerprint density at radius 3 is 2.48 bits per heavy atom. The molecule has 1 aromatic carbocycles. The number of halogens is 2. The molecule has 3 aromatic rings. The summed E-state index contributed by atoms with van der Waals surface area (Å²) in [6.07, 6.45) is 4.06. The third-order valence-electron chi connectivity index (χ3n) is 4.86. The van der Waals surface area contributed by atoms with E-state index in [1.807, 2.05) is 0 Å². The molecule has 0 radical (unpaired) electrons. The van der Waals surface area contributed by atoms with Crippen LogP contribution in [-0.4, -0.2) is 15.2 Å². The second-order valence-corrected chi connectivity index (χ2v) is 6.54. The Kier molecular flexibility index (Phi) is 4.41. The fraction of sp³-hybridized carbons (Fsp3) is 0.211. The first-order valence-corrected chi connectivity index (χ1v) is 8.61. The zero-order valence-corrected chi connectivity index (χ0v) is 14.4. The van der Waals surface area contributed by atoms with Crippen LogP contribution in [0.5, 0.6) is 0 Å². The van der Waals surface area contributed by atoms with Gasteiger partial charge in [-0.15, -0.1) is 10.2 Å². The summed E-state index contributed by atoms with van der Waals surface area (Å²) in [6.45, 7) is 0. The minimum atomic E-state index is -0.587. The van der Waals surface area contributed by atoms with Crippen molar-refractivity contribution in [2.24, 2.45) is 5.84 Å². The van der Waals surface area contributed by atoms with Gasteiger partial charge in [-0.3, -0.25) is 10.8 Å². The fourth-order valence-electron chi connectivity index (χ4n) is 3.29. The maximum absolute atomic E-state index is 14.2. The van der Waals surface area contributed by atoms with Gasteiger partial charge in [0, 0.05) is 17.4 Å². The van der Waals surface area contributed by atoms with Crippen molar-refractivity contribution >= 4 is 11.5 Å². The maximum Gasteiger partial charge on any atom is 0.149 e. The molecule has 0 bridgehead atoms. The van der Waals surface area contributed by atoms with E-state index < -0.39 is 11.4 Å². The summed E-state index contributed by atoms with van der Waals surface area (Å²) in [5.74, 6) is 5.09. The van der Waals surface area contributed by atoms with Crippen molar-refractivity contribution in [3.8, 4) is 11.3 Å². The Balaban J connectivity index is 1.61. The molecule has 0 unspecified atom stereocenters. The van der Waals surface area contributed by atoms with Gasteiger partial charge in [0.25, 0.3) is 0 Å². The van der Waals surface area contributed by atoms with Crippen molar-refractivity contribution in [2.45, 2.75) is 24.8 Å². The van der Waals surface area contributed by atoms with E-state index in [1.54, 1.807) is 30.5 Å². The number of nitrogens with two attached hydrogens (primary N) is 1. The van der Waals surface area contributed by atoms with Crippen molar-refractivity contribution in [1.29, 1.82) is 0 Å². The van der Waals surface area contributed by atoms with Crippen LogP contribution in [0.15, 0.2) is 48.7 Å². The Labute approximate surface area is 154 Å². The predicted octanol–water partition coefficient (Wildman–Crippen LogP) is 3.59. The molecule has 4 rings (SSSR count). The molecule has 2 aromatic heterocycles. The van der Waals surface area contributed by atoms with Crippen molar-refractivity contribution in [3.63, 3.8) is 0 Å². The van der Waals surface area contributed by atoms with Gasteiger partial charge in [-0.05, 0) is 61.7 Å². The fourth-order valence-corrected chi connectivity index (χ4v) is 3.29. The summed E-state index contributed by atoms with van der Waals surface area (Å²) >= 11 is 0. The average molecular weight is 368 g/mol.